The maximum atomic E-state index is 6.72. The molecule has 160 valence electrons. The fraction of sp³-hybridized carbons (Fsp3) is 0.667. The molecule has 1 saturated heterocycles. The molecular weight excluding hydrogens is 362 g/mol. The SMILES string of the molecule is C/C=C(\c1ccc(N)cc1)N(C1CCC1)C1C[C@@H](OC2CCOCC2)CCC1N. The van der Waals surface area contributed by atoms with E-state index in [0.717, 1.165) is 51.0 Å². The van der Waals surface area contributed by atoms with Crippen LogP contribution in [0, 0.1) is 0 Å². The highest BCUT2D eigenvalue weighted by molar-refractivity contribution is 5.66. The van der Waals surface area contributed by atoms with Crippen LogP contribution in [0.15, 0.2) is 30.3 Å². The third-order valence-electron chi connectivity index (χ3n) is 6.96. The van der Waals surface area contributed by atoms with Gasteiger partial charge in [0.25, 0.3) is 0 Å². The van der Waals surface area contributed by atoms with Crippen molar-refractivity contribution in [3.63, 3.8) is 0 Å². The fourth-order valence-electron chi connectivity index (χ4n) is 5.09. The van der Waals surface area contributed by atoms with Gasteiger partial charge in [0.1, 0.15) is 0 Å². The van der Waals surface area contributed by atoms with Crippen molar-refractivity contribution >= 4 is 11.4 Å². The zero-order valence-electron chi connectivity index (χ0n) is 17.8. The van der Waals surface area contributed by atoms with E-state index in [9.17, 15) is 0 Å². The third kappa shape index (κ3) is 4.79. The number of allylic oxidation sites excluding steroid dienone is 1. The summed E-state index contributed by atoms with van der Waals surface area (Å²) in [6.45, 7) is 3.80. The lowest BCUT2D eigenvalue weighted by molar-refractivity contribution is -0.0898. The van der Waals surface area contributed by atoms with E-state index in [4.69, 9.17) is 20.9 Å². The van der Waals surface area contributed by atoms with Crippen LogP contribution >= 0.6 is 0 Å². The molecule has 1 aromatic rings. The van der Waals surface area contributed by atoms with Gasteiger partial charge in [-0.05, 0) is 76.0 Å². The Hall–Kier alpha value is -1.56. The first-order valence-electron chi connectivity index (χ1n) is 11.4. The maximum absolute atomic E-state index is 6.72. The number of nitrogen functional groups attached to an aromatic ring is 1. The molecule has 0 amide bonds. The van der Waals surface area contributed by atoms with E-state index in [0.29, 0.717) is 24.3 Å². The van der Waals surface area contributed by atoms with Crippen LogP contribution < -0.4 is 11.5 Å². The minimum absolute atomic E-state index is 0.189. The molecule has 4 N–H and O–H groups in total. The number of hydrogen-bond donors (Lipinski definition) is 2. The summed E-state index contributed by atoms with van der Waals surface area (Å²) in [4.78, 5) is 2.64. The summed E-state index contributed by atoms with van der Waals surface area (Å²) in [5.74, 6) is 0. The largest absolute Gasteiger partial charge is 0.399 e. The van der Waals surface area contributed by atoms with Crippen LogP contribution in [0.5, 0.6) is 0 Å². The highest BCUT2D eigenvalue weighted by Gasteiger charge is 2.39. The highest BCUT2D eigenvalue weighted by Crippen LogP contribution is 2.38. The monoisotopic (exact) mass is 399 g/mol. The molecule has 4 rings (SSSR count). The summed E-state index contributed by atoms with van der Waals surface area (Å²) in [6, 6.07) is 9.36. The molecular formula is C24H37N3O2. The van der Waals surface area contributed by atoms with Crippen LogP contribution in [0.1, 0.15) is 63.9 Å². The van der Waals surface area contributed by atoms with E-state index in [1.807, 2.05) is 12.1 Å². The minimum atomic E-state index is 0.189. The van der Waals surface area contributed by atoms with Gasteiger partial charge in [-0.25, -0.2) is 0 Å². The van der Waals surface area contributed by atoms with Crippen molar-refractivity contribution < 1.29 is 9.47 Å². The van der Waals surface area contributed by atoms with E-state index in [1.165, 1.54) is 30.5 Å². The Balaban J connectivity index is 1.53. The molecule has 29 heavy (non-hydrogen) atoms. The van der Waals surface area contributed by atoms with Crippen molar-refractivity contribution in [1.82, 2.24) is 4.90 Å². The topological polar surface area (TPSA) is 73.7 Å². The van der Waals surface area contributed by atoms with Gasteiger partial charge in [-0.1, -0.05) is 18.2 Å². The number of benzene rings is 1. The lowest BCUT2D eigenvalue weighted by Crippen LogP contribution is -2.56. The van der Waals surface area contributed by atoms with Crippen molar-refractivity contribution in [2.75, 3.05) is 18.9 Å². The number of anilines is 1. The van der Waals surface area contributed by atoms with Crippen LogP contribution in [0.25, 0.3) is 5.70 Å². The van der Waals surface area contributed by atoms with Crippen LogP contribution in [0.4, 0.5) is 5.69 Å². The van der Waals surface area contributed by atoms with Gasteiger partial charge in [0.05, 0.1) is 12.2 Å². The Morgan fingerprint density at radius 3 is 2.38 bits per heavy atom. The number of hydrogen-bond acceptors (Lipinski definition) is 5. The summed E-state index contributed by atoms with van der Waals surface area (Å²) in [6.07, 6.45) is 11.9. The molecule has 1 aromatic carbocycles. The Morgan fingerprint density at radius 1 is 1.03 bits per heavy atom. The predicted octanol–water partition coefficient (Wildman–Crippen LogP) is 3.93. The molecule has 2 unspecified atom stereocenters. The molecule has 1 heterocycles. The Bertz CT molecular complexity index is 680. The summed E-state index contributed by atoms with van der Waals surface area (Å²) < 4.78 is 12.0. The molecule has 5 heteroatoms. The second-order valence-corrected chi connectivity index (χ2v) is 8.90. The first-order chi connectivity index (χ1) is 14.2. The molecule has 5 nitrogen and oxygen atoms in total. The third-order valence-corrected chi connectivity index (χ3v) is 6.96. The van der Waals surface area contributed by atoms with Crippen molar-refractivity contribution in [1.29, 1.82) is 0 Å². The maximum Gasteiger partial charge on any atom is 0.0622 e. The van der Waals surface area contributed by atoms with Crippen molar-refractivity contribution in [2.24, 2.45) is 5.73 Å². The first-order valence-corrected chi connectivity index (χ1v) is 11.4. The average molecular weight is 400 g/mol. The highest BCUT2D eigenvalue weighted by atomic mass is 16.5. The van der Waals surface area contributed by atoms with E-state index in [2.05, 4.69) is 30.0 Å². The molecule has 2 saturated carbocycles. The summed E-state index contributed by atoms with van der Waals surface area (Å²) in [5, 5.41) is 0. The molecule has 3 aliphatic rings. The van der Waals surface area contributed by atoms with E-state index >= 15 is 0 Å². The smallest absolute Gasteiger partial charge is 0.0622 e. The van der Waals surface area contributed by atoms with Gasteiger partial charge in [0.2, 0.25) is 0 Å². The summed E-state index contributed by atoms with van der Waals surface area (Å²) in [5.41, 5.74) is 16.0. The quantitative estimate of drug-likeness (QED) is 0.709. The lowest BCUT2D eigenvalue weighted by atomic mass is 9.82. The number of ether oxygens (including phenoxy) is 2. The molecule has 1 aliphatic heterocycles. The normalized spacial score (nSPS) is 29.4. The fourth-order valence-corrected chi connectivity index (χ4v) is 5.09. The zero-order valence-corrected chi connectivity index (χ0v) is 17.8. The van der Waals surface area contributed by atoms with Gasteiger partial charge in [0, 0.05) is 42.7 Å². The Morgan fingerprint density at radius 2 is 1.76 bits per heavy atom. The van der Waals surface area contributed by atoms with Gasteiger partial charge in [0.15, 0.2) is 0 Å². The molecule has 3 fully saturated rings. The molecule has 0 aromatic heterocycles. The first kappa shape index (κ1) is 20.7. The summed E-state index contributed by atoms with van der Waals surface area (Å²) in [7, 11) is 0. The Labute approximate surface area is 175 Å². The average Bonchev–Trinajstić information content (AvgIpc) is 2.70. The lowest BCUT2D eigenvalue weighted by Gasteiger charge is -2.50. The van der Waals surface area contributed by atoms with E-state index < -0.39 is 0 Å². The second kappa shape index (κ2) is 9.50. The number of nitrogens with zero attached hydrogens (tertiary/aromatic N) is 1. The van der Waals surface area contributed by atoms with Crippen molar-refractivity contribution in [3.05, 3.63) is 35.9 Å². The molecule has 0 bridgehead atoms. The van der Waals surface area contributed by atoms with Crippen LogP contribution in [0.2, 0.25) is 0 Å². The van der Waals surface area contributed by atoms with Crippen molar-refractivity contribution in [2.45, 2.75) is 88.6 Å². The molecule has 3 atom stereocenters. The van der Waals surface area contributed by atoms with Crippen LogP contribution in [-0.4, -0.2) is 48.4 Å². The predicted molar refractivity (Wildman–Crippen MR) is 118 cm³/mol. The van der Waals surface area contributed by atoms with Crippen LogP contribution in [0.3, 0.4) is 0 Å². The number of rotatable bonds is 6. The van der Waals surface area contributed by atoms with Crippen LogP contribution in [-0.2, 0) is 9.47 Å². The standard InChI is InChI=1S/C24H37N3O2/c1-2-23(17-6-8-18(25)9-7-17)27(19-4-3-5-19)24-16-21(10-11-22(24)26)29-20-12-14-28-15-13-20/h2,6-9,19-22,24H,3-5,10-16,25-26H2,1H3/b23-2+/t21-,22?,24?/m0/s1. The second-order valence-electron chi connectivity index (χ2n) is 8.90. The van der Waals surface area contributed by atoms with Gasteiger partial charge in [-0.2, -0.15) is 0 Å². The van der Waals surface area contributed by atoms with E-state index in [-0.39, 0.29) is 6.04 Å². The van der Waals surface area contributed by atoms with E-state index in [1.54, 1.807) is 0 Å². The van der Waals surface area contributed by atoms with Gasteiger partial charge in [-0.15, -0.1) is 0 Å². The minimum Gasteiger partial charge on any atom is -0.399 e. The zero-order chi connectivity index (χ0) is 20.2. The molecule has 0 spiro atoms. The van der Waals surface area contributed by atoms with Gasteiger partial charge >= 0.3 is 0 Å². The number of nitrogens with two attached hydrogens (primary N) is 2. The molecule has 0 radical (unpaired) electrons. The Kier molecular flexibility index (Phi) is 6.78. The van der Waals surface area contributed by atoms with Gasteiger partial charge < -0.3 is 25.8 Å². The van der Waals surface area contributed by atoms with Gasteiger partial charge in [-0.3, -0.25) is 0 Å². The van der Waals surface area contributed by atoms with Crippen molar-refractivity contribution in [3.8, 4) is 0 Å². The molecule has 2 aliphatic carbocycles. The summed E-state index contributed by atoms with van der Waals surface area (Å²) >= 11 is 0.